The SMILES string of the molecule is CCC(C)(C)C(=O)OC1CCCCC1.CCC(C)(C)C(=O)OCC(=O)OC1C2CC3C1OS(=O)(=O)C3C2.CCC(C)(C)C(=O)OCCC(C)(F)F. The minimum atomic E-state index is -3.53. The average molecular weight is 753 g/mol. The summed E-state index contributed by atoms with van der Waals surface area (Å²) in [4.78, 5) is 46.8. The summed E-state index contributed by atoms with van der Waals surface area (Å²) in [5.74, 6) is -4.38. The van der Waals surface area contributed by atoms with E-state index in [-0.39, 0.29) is 35.9 Å². The first kappa shape index (κ1) is 44.8. The van der Waals surface area contributed by atoms with Gasteiger partial charge in [-0.1, -0.05) is 27.2 Å². The second-order valence-corrected chi connectivity index (χ2v) is 18.1. The van der Waals surface area contributed by atoms with Crippen molar-refractivity contribution in [1.29, 1.82) is 0 Å². The molecule has 0 amide bonds. The molecule has 5 atom stereocenters. The van der Waals surface area contributed by atoms with Gasteiger partial charge < -0.3 is 18.9 Å². The number of fused-ring (bicyclic) bond motifs is 1. The quantitative estimate of drug-likeness (QED) is 0.106. The van der Waals surface area contributed by atoms with Gasteiger partial charge >= 0.3 is 23.9 Å². The summed E-state index contributed by atoms with van der Waals surface area (Å²) in [7, 11) is -3.53. The fourth-order valence-electron chi connectivity index (χ4n) is 5.99. The van der Waals surface area contributed by atoms with Crippen LogP contribution in [0, 0.1) is 28.1 Å². The van der Waals surface area contributed by atoms with Gasteiger partial charge in [0.05, 0.1) is 28.1 Å². The normalized spacial score (nSPS) is 25.5. The molecule has 51 heavy (non-hydrogen) atoms. The highest BCUT2D eigenvalue weighted by molar-refractivity contribution is 7.87. The minimum Gasteiger partial charge on any atom is -0.465 e. The van der Waals surface area contributed by atoms with Crippen molar-refractivity contribution in [2.24, 2.45) is 28.1 Å². The van der Waals surface area contributed by atoms with E-state index in [4.69, 9.17) is 23.1 Å². The van der Waals surface area contributed by atoms with E-state index >= 15 is 0 Å². The maximum Gasteiger partial charge on any atom is 0.344 e. The maximum atomic E-state index is 12.4. The molecule has 0 radical (unpaired) electrons. The van der Waals surface area contributed by atoms with Crippen LogP contribution in [0.4, 0.5) is 8.78 Å². The van der Waals surface area contributed by atoms with Crippen LogP contribution in [0.15, 0.2) is 0 Å². The highest BCUT2D eigenvalue weighted by atomic mass is 32.2. The van der Waals surface area contributed by atoms with E-state index in [1.165, 1.54) is 19.3 Å². The summed E-state index contributed by atoms with van der Waals surface area (Å²) in [6.45, 7) is 16.8. The van der Waals surface area contributed by atoms with Crippen LogP contribution in [-0.4, -0.2) is 75.0 Å². The van der Waals surface area contributed by atoms with Gasteiger partial charge in [-0.25, -0.2) is 13.6 Å². The smallest absolute Gasteiger partial charge is 0.344 e. The Balaban J connectivity index is 0.000000281. The zero-order valence-corrected chi connectivity index (χ0v) is 33.1. The molecule has 11 nitrogen and oxygen atoms in total. The van der Waals surface area contributed by atoms with E-state index < -0.39 is 75.3 Å². The van der Waals surface area contributed by atoms with E-state index in [1.807, 2.05) is 34.6 Å². The lowest BCUT2D eigenvalue weighted by molar-refractivity contribution is -0.171. The maximum absolute atomic E-state index is 12.4. The van der Waals surface area contributed by atoms with Gasteiger partial charge in [0.25, 0.3) is 10.1 Å². The van der Waals surface area contributed by atoms with Crippen LogP contribution in [0.2, 0.25) is 0 Å². The standard InChI is InChI=1S/C15H22O7S.C12H22O2.C10H18F2O2/c1-4-15(2,3)14(17)20-7-11(16)21-12-8-5-9-10(6-8)23(18,19)22-13(9)12;1-4-12(2,3)11(13)14-10-8-6-5-7-9-10;1-5-9(2,3)8(13)14-7-6-10(4,11)12/h8-10,12-13H,4-7H2,1-3H3;10H,4-9H2,1-3H3;5-7H2,1-4H3. The number of carbonyl (C=O) groups excluding carboxylic acids is 4. The van der Waals surface area contributed by atoms with Crippen molar-refractivity contribution in [3.05, 3.63) is 0 Å². The Morgan fingerprint density at radius 3 is 1.75 bits per heavy atom. The molecule has 0 spiro atoms. The lowest BCUT2D eigenvalue weighted by Gasteiger charge is -2.27. The minimum absolute atomic E-state index is 0.0130. The molecular formula is C37H62F2O11S. The van der Waals surface area contributed by atoms with E-state index in [9.17, 15) is 36.4 Å². The van der Waals surface area contributed by atoms with Crippen molar-refractivity contribution in [2.45, 2.75) is 169 Å². The Hall–Kier alpha value is -2.35. The number of hydrogen-bond acceptors (Lipinski definition) is 11. The second kappa shape index (κ2) is 18.1. The van der Waals surface area contributed by atoms with Crippen LogP contribution in [0.3, 0.4) is 0 Å². The van der Waals surface area contributed by atoms with Crippen molar-refractivity contribution in [1.82, 2.24) is 0 Å². The van der Waals surface area contributed by atoms with Gasteiger partial charge in [0.1, 0.15) is 18.3 Å². The predicted octanol–water partition coefficient (Wildman–Crippen LogP) is 7.32. The fourth-order valence-corrected chi connectivity index (χ4v) is 7.88. The monoisotopic (exact) mass is 752 g/mol. The predicted molar refractivity (Wildman–Crippen MR) is 186 cm³/mol. The summed E-state index contributed by atoms with van der Waals surface area (Å²) in [5, 5.41) is -0.448. The highest BCUT2D eigenvalue weighted by Crippen LogP contribution is 2.55. The first-order valence-electron chi connectivity index (χ1n) is 18.5. The Kier molecular flexibility index (Phi) is 15.9. The van der Waals surface area contributed by atoms with Crippen LogP contribution in [0.5, 0.6) is 0 Å². The lowest BCUT2D eigenvalue weighted by Crippen LogP contribution is -2.38. The van der Waals surface area contributed by atoms with Gasteiger partial charge in [-0.3, -0.25) is 18.6 Å². The van der Waals surface area contributed by atoms with Gasteiger partial charge in [0.2, 0.25) is 5.92 Å². The molecule has 0 aromatic rings. The number of ether oxygens (including phenoxy) is 4. The molecule has 4 rings (SSSR count). The molecule has 5 unspecified atom stereocenters. The van der Waals surface area contributed by atoms with Gasteiger partial charge in [-0.05, 0) is 106 Å². The molecule has 14 heteroatoms. The second-order valence-electron chi connectivity index (χ2n) is 16.4. The topological polar surface area (TPSA) is 149 Å². The van der Waals surface area contributed by atoms with Crippen LogP contribution in [-0.2, 0) is 52.4 Å². The number of hydrogen-bond donors (Lipinski definition) is 0. The van der Waals surface area contributed by atoms with Crippen molar-refractivity contribution in [2.75, 3.05) is 13.2 Å². The van der Waals surface area contributed by atoms with Gasteiger partial charge in [-0.2, -0.15) is 8.42 Å². The average Bonchev–Trinajstić information content (AvgIpc) is 3.68. The summed E-state index contributed by atoms with van der Waals surface area (Å²) >= 11 is 0. The largest absolute Gasteiger partial charge is 0.465 e. The lowest BCUT2D eigenvalue weighted by atomic mass is 9.90. The van der Waals surface area contributed by atoms with E-state index in [2.05, 4.69) is 0 Å². The Morgan fingerprint density at radius 1 is 0.725 bits per heavy atom. The van der Waals surface area contributed by atoms with Crippen molar-refractivity contribution in [3.8, 4) is 0 Å². The van der Waals surface area contributed by atoms with Crippen LogP contribution in [0.25, 0.3) is 0 Å². The Labute approximate surface area is 303 Å². The van der Waals surface area contributed by atoms with Crippen molar-refractivity contribution in [3.63, 3.8) is 0 Å². The number of rotatable bonds is 13. The summed E-state index contributed by atoms with van der Waals surface area (Å²) < 4.78 is 74.1. The molecule has 3 saturated carbocycles. The molecule has 4 fully saturated rings. The van der Waals surface area contributed by atoms with E-state index in [0.717, 1.165) is 26.2 Å². The first-order chi connectivity index (χ1) is 23.4. The van der Waals surface area contributed by atoms with Crippen LogP contribution >= 0.6 is 0 Å². The molecule has 3 aliphatic carbocycles. The third-order valence-electron chi connectivity index (χ3n) is 10.9. The molecule has 1 heterocycles. The molecule has 296 valence electrons. The molecule has 2 bridgehead atoms. The third kappa shape index (κ3) is 12.9. The Bertz CT molecular complexity index is 1300. The van der Waals surface area contributed by atoms with Crippen molar-refractivity contribution >= 4 is 34.0 Å². The zero-order valence-electron chi connectivity index (χ0n) is 32.3. The molecular weight excluding hydrogens is 690 g/mol. The van der Waals surface area contributed by atoms with Gasteiger partial charge in [0, 0.05) is 18.3 Å². The molecule has 0 aromatic heterocycles. The molecule has 1 aliphatic heterocycles. The molecule has 4 aliphatic rings. The van der Waals surface area contributed by atoms with Crippen LogP contribution in [0.1, 0.15) is 140 Å². The first-order valence-corrected chi connectivity index (χ1v) is 19.9. The summed E-state index contributed by atoms with van der Waals surface area (Å²) in [6, 6.07) is 0. The zero-order chi connectivity index (χ0) is 39.0. The highest BCUT2D eigenvalue weighted by Gasteiger charge is 2.65. The number of carbonyl (C=O) groups is 4. The van der Waals surface area contributed by atoms with Gasteiger partial charge in [-0.15, -0.1) is 0 Å². The molecule has 1 saturated heterocycles. The number of esters is 4. The van der Waals surface area contributed by atoms with Gasteiger partial charge in [0.15, 0.2) is 6.61 Å². The molecule has 0 N–H and O–H groups in total. The number of halogens is 2. The summed E-state index contributed by atoms with van der Waals surface area (Å²) in [5.41, 5.74) is -1.54. The summed E-state index contributed by atoms with van der Waals surface area (Å²) in [6.07, 6.45) is 7.75. The number of alkyl halides is 2. The fraction of sp³-hybridized carbons (Fsp3) is 0.892. The Morgan fingerprint density at radius 2 is 1.24 bits per heavy atom. The third-order valence-corrected chi connectivity index (χ3v) is 12.7. The van der Waals surface area contributed by atoms with Crippen LogP contribution < -0.4 is 0 Å². The van der Waals surface area contributed by atoms with E-state index in [0.29, 0.717) is 25.7 Å². The van der Waals surface area contributed by atoms with Crippen molar-refractivity contribution < 1.29 is 59.5 Å². The molecule has 0 aromatic carbocycles. The van der Waals surface area contributed by atoms with E-state index in [1.54, 1.807) is 27.7 Å².